The zero-order chi connectivity index (χ0) is 12.6. The van der Waals surface area contributed by atoms with Gasteiger partial charge in [-0.3, -0.25) is 4.79 Å². The van der Waals surface area contributed by atoms with E-state index in [1.54, 1.807) is 6.07 Å². The topological polar surface area (TPSA) is 37.3 Å². The van der Waals surface area contributed by atoms with E-state index in [0.717, 1.165) is 23.5 Å². The van der Waals surface area contributed by atoms with Crippen LogP contribution < -0.4 is 0 Å². The number of carboxylic acids is 1. The first-order valence-electron chi connectivity index (χ1n) is 4.68. The maximum atomic E-state index is 12.4. The molecule has 90 valence electrons. The van der Waals surface area contributed by atoms with Crippen LogP contribution in [0.25, 0.3) is 10.1 Å². The van der Waals surface area contributed by atoms with Crippen LogP contribution in [0.2, 0.25) is 0 Å². The molecule has 0 aliphatic rings. The smallest absolute Gasteiger partial charge is 0.416 e. The molecule has 2 aromatic rings. The molecule has 0 bridgehead atoms. The summed E-state index contributed by atoms with van der Waals surface area (Å²) in [5, 5.41) is 9.24. The Kier molecular flexibility index (Phi) is 2.82. The van der Waals surface area contributed by atoms with E-state index in [1.807, 2.05) is 0 Å². The molecule has 0 aliphatic heterocycles. The molecule has 0 aliphatic carbocycles. The fourth-order valence-electron chi connectivity index (χ4n) is 1.50. The first kappa shape index (κ1) is 11.9. The van der Waals surface area contributed by atoms with Gasteiger partial charge in [-0.05, 0) is 23.6 Å². The van der Waals surface area contributed by atoms with Crippen molar-refractivity contribution in [3.8, 4) is 0 Å². The number of thiophene rings is 1. The largest absolute Gasteiger partial charge is 0.481 e. The number of halogens is 3. The molecular formula is C11H7F3O2S. The van der Waals surface area contributed by atoms with Gasteiger partial charge >= 0.3 is 12.1 Å². The van der Waals surface area contributed by atoms with Crippen molar-refractivity contribution in [1.82, 2.24) is 0 Å². The van der Waals surface area contributed by atoms with Gasteiger partial charge in [0, 0.05) is 9.58 Å². The van der Waals surface area contributed by atoms with Crippen LogP contribution in [0.3, 0.4) is 0 Å². The molecule has 2 rings (SSSR count). The Balaban J connectivity index is 2.44. The highest BCUT2D eigenvalue weighted by molar-refractivity contribution is 7.19. The number of carbonyl (C=O) groups is 1. The summed E-state index contributed by atoms with van der Waals surface area (Å²) in [6.07, 6.45) is -4.54. The second-order valence-corrected chi connectivity index (χ2v) is 4.70. The number of carboxylic acid groups (broad SMARTS) is 1. The predicted octanol–water partition coefficient (Wildman–Crippen LogP) is 3.55. The van der Waals surface area contributed by atoms with Gasteiger partial charge in [0.05, 0.1) is 12.0 Å². The molecule has 2 nitrogen and oxygen atoms in total. The minimum Gasteiger partial charge on any atom is -0.481 e. The Morgan fingerprint density at radius 3 is 2.59 bits per heavy atom. The van der Waals surface area contributed by atoms with E-state index >= 15 is 0 Å². The molecule has 0 radical (unpaired) electrons. The molecule has 0 spiro atoms. The monoisotopic (exact) mass is 260 g/mol. The minimum absolute atomic E-state index is 0.166. The van der Waals surface area contributed by atoms with Gasteiger partial charge in [0.2, 0.25) is 0 Å². The lowest BCUT2D eigenvalue weighted by molar-refractivity contribution is -0.138. The average Bonchev–Trinajstić information content (AvgIpc) is 2.55. The van der Waals surface area contributed by atoms with Gasteiger partial charge < -0.3 is 5.11 Å². The van der Waals surface area contributed by atoms with Crippen molar-refractivity contribution in [2.45, 2.75) is 12.6 Å². The standard InChI is InChI=1S/C11H7F3O2S/c12-11(13,14)7-2-1-6-3-8(5-10(15)16)17-9(6)4-7/h1-4H,5H2,(H,15,16). The SMILES string of the molecule is O=C(O)Cc1cc2ccc(C(F)(F)F)cc2s1. The van der Waals surface area contributed by atoms with Crippen molar-refractivity contribution in [2.75, 3.05) is 0 Å². The van der Waals surface area contributed by atoms with Gasteiger partial charge in [-0.2, -0.15) is 13.2 Å². The molecular weight excluding hydrogens is 253 g/mol. The Bertz CT molecular complexity index is 572. The highest BCUT2D eigenvalue weighted by atomic mass is 32.1. The van der Waals surface area contributed by atoms with Crippen LogP contribution in [0.5, 0.6) is 0 Å². The second kappa shape index (κ2) is 4.03. The molecule has 1 aromatic heterocycles. The fourth-order valence-corrected chi connectivity index (χ4v) is 2.59. The van der Waals surface area contributed by atoms with Crippen molar-refractivity contribution in [3.63, 3.8) is 0 Å². The van der Waals surface area contributed by atoms with Crippen LogP contribution in [-0.4, -0.2) is 11.1 Å². The molecule has 0 amide bonds. The minimum atomic E-state index is -4.37. The van der Waals surface area contributed by atoms with E-state index in [1.165, 1.54) is 6.07 Å². The summed E-state index contributed by atoms with van der Waals surface area (Å²) in [6, 6.07) is 5.01. The van der Waals surface area contributed by atoms with Gasteiger partial charge in [-0.1, -0.05) is 6.07 Å². The number of aliphatic carboxylic acids is 1. The number of hydrogen-bond donors (Lipinski definition) is 1. The number of rotatable bonds is 2. The van der Waals surface area contributed by atoms with Crippen molar-refractivity contribution in [1.29, 1.82) is 0 Å². The summed E-state index contributed by atoms with van der Waals surface area (Å²) in [5.41, 5.74) is -0.714. The molecule has 1 N–H and O–H groups in total. The number of benzene rings is 1. The lowest BCUT2D eigenvalue weighted by Crippen LogP contribution is -2.03. The molecule has 1 aromatic carbocycles. The van der Waals surface area contributed by atoms with Crippen LogP contribution >= 0.6 is 11.3 Å². The fraction of sp³-hybridized carbons (Fsp3) is 0.182. The summed E-state index contributed by atoms with van der Waals surface area (Å²) >= 11 is 1.08. The van der Waals surface area contributed by atoms with Crippen LogP contribution in [0.1, 0.15) is 10.4 Å². The van der Waals surface area contributed by atoms with Gasteiger partial charge in [0.1, 0.15) is 0 Å². The Morgan fingerprint density at radius 2 is 2.00 bits per heavy atom. The van der Waals surface area contributed by atoms with E-state index < -0.39 is 17.7 Å². The van der Waals surface area contributed by atoms with E-state index in [2.05, 4.69) is 0 Å². The molecule has 0 atom stereocenters. The number of alkyl halides is 3. The summed E-state index contributed by atoms with van der Waals surface area (Å²) in [5.74, 6) is -0.993. The number of hydrogen-bond acceptors (Lipinski definition) is 2. The maximum absolute atomic E-state index is 12.4. The third-order valence-electron chi connectivity index (χ3n) is 2.22. The summed E-state index contributed by atoms with van der Waals surface area (Å²) in [6.45, 7) is 0. The Morgan fingerprint density at radius 1 is 1.29 bits per heavy atom. The zero-order valence-corrected chi connectivity index (χ0v) is 9.23. The first-order valence-corrected chi connectivity index (χ1v) is 5.49. The number of fused-ring (bicyclic) bond motifs is 1. The lowest BCUT2D eigenvalue weighted by atomic mass is 10.1. The van der Waals surface area contributed by atoms with Crippen molar-refractivity contribution >= 4 is 27.4 Å². The summed E-state index contributed by atoms with van der Waals surface area (Å²) < 4.78 is 37.8. The molecule has 1 heterocycles. The van der Waals surface area contributed by atoms with Gasteiger partial charge in [-0.25, -0.2) is 0 Å². The maximum Gasteiger partial charge on any atom is 0.416 e. The Hall–Kier alpha value is -1.56. The van der Waals surface area contributed by atoms with Crippen LogP contribution in [0.15, 0.2) is 24.3 Å². The Labute approximate surface area is 98.3 Å². The van der Waals surface area contributed by atoms with Crippen LogP contribution in [0, 0.1) is 0 Å². The second-order valence-electron chi connectivity index (χ2n) is 3.53. The van der Waals surface area contributed by atoms with Crippen LogP contribution in [-0.2, 0) is 17.4 Å². The lowest BCUT2D eigenvalue weighted by Gasteiger charge is -2.05. The zero-order valence-electron chi connectivity index (χ0n) is 8.41. The third-order valence-corrected chi connectivity index (χ3v) is 3.32. The highest BCUT2D eigenvalue weighted by Gasteiger charge is 2.30. The van der Waals surface area contributed by atoms with E-state index in [9.17, 15) is 18.0 Å². The molecule has 0 fully saturated rings. The van der Waals surface area contributed by atoms with Crippen molar-refractivity contribution in [2.24, 2.45) is 0 Å². The molecule has 17 heavy (non-hydrogen) atoms. The van der Waals surface area contributed by atoms with Crippen molar-refractivity contribution < 1.29 is 23.1 Å². The molecule has 0 saturated heterocycles. The third kappa shape index (κ3) is 2.58. The quantitative estimate of drug-likeness (QED) is 0.896. The molecule has 6 heteroatoms. The van der Waals surface area contributed by atoms with Gasteiger partial charge in [-0.15, -0.1) is 11.3 Å². The normalized spacial score (nSPS) is 11.9. The summed E-state index contributed by atoms with van der Waals surface area (Å²) in [7, 11) is 0. The predicted molar refractivity (Wildman–Crippen MR) is 58.2 cm³/mol. The molecule has 0 unspecified atom stereocenters. The average molecular weight is 260 g/mol. The highest BCUT2D eigenvalue weighted by Crippen LogP contribution is 2.34. The van der Waals surface area contributed by atoms with Gasteiger partial charge in [0.15, 0.2) is 0 Å². The van der Waals surface area contributed by atoms with Gasteiger partial charge in [0.25, 0.3) is 0 Å². The van der Waals surface area contributed by atoms with E-state index in [0.29, 0.717) is 15.0 Å². The molecule has 0 saturated carbocycles. The van der Waals surface area contributed by atoms with Crippen molar-refractivity contribution in [3.05, 3.63) is 34.7 Å². The van der Waals surface area contributed by atoms with Crippen LogP contribution in [0.4, 0.5) is 13.2 Å². The first-order chi connectivity index (χ1) is 7.86. The van der Waals surface area contributed by atoms with E-state index in [-0.39, 0.29) is 6.42 Å². The summed E-state index contributed by atoms with van der Waals surface area (Å²) in [4.78, 5) is 11.0. The van der Waals surface area contributed by atoms with E-state index in [4.69, 9.17) is 5.11 Å².